The fraction of sp³-hybridized carbons (Fsp3) is 1.00. The molecule has 3 fully saturated rings. The minimum absolute atomic E-state index is 0.604. The summed E-state index contributed by atoms with van der Waals surface area (Å²) >= 11 is 0. The first-order valence-corrected chi connectivity index (χ1v) is 8.39. The van der Waals surface area contributed by atoms with Crippen molar-refractivity contribution in [1.82, 2.24) is 0 Å². The minimum atomic E-state index is 0.604. The Morgan fingerprint density at radius 2 is 1.56 bits per heavy atom. The molecule has 0 spiro atoms. The molecule has 3 aliphatic rings. The molecule has 0 amide bonds. The lowest BCUT2D eigenvalue weighted by atomic mass is 9.84. The third-order valence-electron chi connectivity index (χ3n) is 5.53. The molecule has 3 atom stereocenters. The van der Waals surface area contributed by atoms with Crippen LogP contribution in [0.15, 0.2) is 0 Å². The zero-order chi connectivity index (χ0) is 12.2. The topological polar surface area (TPSA) is 13.7 Å². The van der Waals surface area contributed by atoms with Gasteiger partial charge in [0.15, 0.2) is 0 Å². The van der Waals surface area contributed by atoms with E-state index >= 15 is 0 Å². The van der Waals surface area contributed by atoms with Crippen molar-refractivity contribution in [3.8, 4) is 0 Å². The van der Waals surface area contributed by atoms with Crippen molar-refractivity contribution in [2.45, 2.75) is 76.4 Å². The quantitative estimate of drug-likeness (QED) is 0.813. The second-order valence-electron chi connectivity index (χ2n) is 6.76. The Labute approximate surface area is 112 Å². The van der Waals surface area contributed by atoms with Crippen LogP contribution in [-0.4, -0.2) is 31.8 Å². The lowest BCUT2D eigenvalue weighted by Gasteiger charge is -2.41. The minimum Gasteiger partial charge on any atom is -0.378 e. The van der Waals surface area contributed by atoms with E-state index in [1.165, 1.54) is 77.3 Å². The molecule has 2 heterocycles. The summed E-state index contributed by atoms with van der Waals surface area (Å²) in [5.41, 5.74) is 0. The van der Waals surface area contributed by atoms with Gasteiger partial charge < -0.3 is 9.64 Å². The molecule has 0 aromatic heterocycles. The molecular weight excluding hydrogens is 222 g/mol. The van der Waals surface area contributed by atoms with Crippen molar-refractivity contribution in [2.24, 2.45) is 5.92 Å². The standard InChI is InChI=1S/C16H29NO/c1-2-8-15(9-3-1)18-13-14-7-6-12-17-11-5-4-10-16(14)17/h14-16H,1-13H2/p+1/t14-,16-/m0/s1. The summed E-state index contributed by atoms with van der Waals surface area (Å²) in [6, 6.07) is 0.941. The number of hydrogen-bond donors (Lipinski definition) is 1. The van der Waals surface area contributed by atoms with Crippen LogP contribution in [0.25, 0.3) is 0 Å². The van der Waals surface area contributed by atoms with Crippen molar-refractivity contribution in [3.63, 3.8) is 0 Å². The molecule has 1 saturated carbocycles. The van der Waals surface area contributed by atoms with Crippen molar-refractivity contribution in [1.29, 1.82) is 0 Å². The monoisotopic (exact) mass is 252 g/mol. The van der Waals surface area contributed by atoms with Gasteiger partial charge in [0.2, 0.25) is 0 Å². The molecule has 2 aliphatic heterocycles. The molecule has 2 saturated heterocycles. The first kappa shape index (κ1) is 12.9. The summed E-state index contributed by atoms with van der Waals surface area (Å²) in [4.78, 5) is 1.91. The molecule has 104 valence electrons. The number of ether oxygens (including phenoxy) is 1. The summed E-state index contributed by atoms with van der Waals surface area (Å²) < 4.78 is 6.26. The van der Waals surface area contributed by atoms with Crippen molar-refractivity contribution >= 4 is 0 Å². The average molecular weight is 252 g/mol. The Morgan fingerprint density at radius 3 is 2.44 bits per heavy atom. The van der Waals surface area contributed by atoms with E-state index in [0.29, 0.717) is 6.10 Å². The van der Waals surface area contributed by atoms with Crippen LogP contribution in [-0.2, 0) is 4.74 Å². The van der Waals surface area contributed by atoms with E-state index in [9.17, 15) is 0 Å². The second kappa shape index (κ2) is 6.38. The first-order chi connectivity index (χ1) is 8.93. The van der Waals surface area contributed by atoms with Crippen LogP contribution in [0.3, 0.4) is 0 Å². The lowest BCUT2D eigenvalue weighted by molar-refractivity contribution is -0.940. The molecule has 0 aromatic carbocycles. The highest BCUT2D eigenvalue weighted by Crippen LogP contribution is 2.24. The Balaban J connectivity index is 1.48. The molecule has 1 N–H and O–H groups in total. The zero-order valence-corrected chi connectivity index (χ0v) is 11.8. The number of rotatable bonds is 3. The summed E-state index contributed by atoms with van der Waals surface area (Å²) in [6.45, 7) is 3.94. The maximum atomic E-state index is 6.26. The van der Waals surface area contributed by atoms with Crippen LogP contribution in [0.4, 0.5) is 0 Å². The number of quaternary nitrogens is 1. The van der Waals surface area contributed by atoms with E-state index < -0.39 is 0 Å². The van der Waals surface area contributed by atoms with Gasteiger partial charge in [-0.05, 0) is 44.9 Å². The molecule has 0 bridgehead atoms. The van der Waals surface area contributed by atoms with E-state index in [2.05, 4.69) is 0 Å². The van der Waals surface area contributed by atoms with Crippen molar-refractivity contribution in [3.05, 3.63) is 0 Å². The van der Waals surface area contributed by atoms with E-state index in [-0.39, 0.29) is 0 Å². The highest BCUT2D eigenvalue weighted by molar-refractivity contribution is 4.76. The van der Waals surface area contributed by atoms with Crippen molar-refractivity contribution < 1.29 is 9.64 Å². The van der Waals surface area contributed by atoms with Gasteiger partial charge in [-0.15, -0.1) is 0 Å². The van der Waals surface area contributed by atoms with Crippen LogP contribution in [0.2, 0.25) is 0 Å². The summed E-state index contributed by atoms with van der Waals surface area (Å²) in [6.07, 6.45) is 14.8. The number of hydrogen-bond acceptors (Lipinski definition) is 1. The maximum Gasteiger partial charge on any atom is 0.0925 e. The van der Waals surface area contributed by atoms with Crippen LogP contribution in [0.5, 0.6) is 0 Å². The van der Waals surface area contributed by atoms with E-state index in [1.807, 2.05) is 4.90 Å². The Bertz CT molecular complexity index is 247. The first-order valence-electron chi connectivity index (χ1n) is 8.39. The van der Waals surface area contributed by atoms with Gasteiger partial charge in [-0.1, -0.05) is 19.3 Å². The second-order valence-corrected chi connectivity index (χ2v) is 6.76. The van der Waals surface area contributed by atoms with Crippen molar-refractivity contribution in [2.75, 3.05) is 19.7 Å². The molecular formula is C16H30NO+. The third kappa shape index (κ3) is 3.08. The molecule has 18 heavy (non-hydrogen) atoms. The maximum absolute atomic E-state index is 6.26. The van der Waals surface area contributed by atoms with Crippen LogP contribution in [0.1, 0.15) is 64.2 Å². The molecule has 2 nitrogen and oxygen atoms in total. The summed E-state index contributed by atoms with van der Waals surface area (Å²) in [5, 5.41) is 0. The molecule has 3 rings (SSSR count). The Kier molecular flexibility index (Phi) is 4.58. The Morgan fingerprint density at radius 1 is 0.778 bits per heavy atom. The lowest BCUT2D eigenvalue weighted by Crippen LogP contribution is -3.18. The third-order valence-corrected chi connectivity index (χ3v) is 5.53. The van der Waals surface area contributed by atoms with E-state index in [0.717, 1.165) is 18.6 Å². The number of nitrogens with one attached hydrogen (secondary N) is 1. The molecule has 1 aliphatic carbocycles. The average Bonchev–Trinajstić information content (AvgIpc) is 2.46. The van der Waals surface area contributed by atoms with Gasteiger partial charge >= 0.3 is 0 Å². The fourth-order valence-electron chi connectivity index (χ4n) is 4.47. The summed E-state index contributed by atoms with van der Waals surface area (Å²) in [5.74, 6) is 0.871. The van der Waals surface area contributed by atoms with Crippen LogP contribution >= 0.6 is 0 Å². The zero-order valence-electron chi connectivity index (χ0n) is 11.8. The Hall–Kier alpha value is -0.0800. The predicted molar refractivity (Wildman–Crippen MR) is 73.9 cm³/mol. The number of fused-ring (bicyclic) bond motifs is 1. The van der Waals surface area contributed by atoms with Crippen LogP contribution in [0, 0.1) is 5.92 Å². The largest absolute Gasteiger partial charge is 0.378 e. The van der Waals surface area contributed by atoms with Gasteiger partial charge in [0.05, 0.1) is 31.8 Å². The van der Waals surface area contributed by atoms with Gasteiger partial charge in [0.25, 0.3) is 0 Å². The van der Waals surface area contributed by atoms with Gasteiger partial charge in [-0.3, -0.25) is 0 Å². The smallest absolute Gasteiger partial charge is 0.0925 e. The predicted octanol–water partition coefficient (Wildman–Crippen LogP) is 2.18. The normalized spacial score (nSPS) is 38.3. The molecule has 1 unspecified atom stereocenters. The van der Waals surface area contributed by atoms with E-state index in [4.69, 9.17) is 4.74 Å². The van der Waals surface area contributed by atoms with Gasteiger partial charge in [0, 0.05) is 5.92 Å². The van der Waals surface area contributed by atoms with Gasteiger partial charge in [0.1, 0.15) is 0 Å². The molecule has 0 radical (unpaired) electrons. The van der Waals surface area contributed by atoms with Crippen LogP contribution < -0.4 is 4.90 Å². The molecule has 2 heteroatoms. The van der Waals surface area contributed by atoms with Gasteiger partial charge in [-0.2, -0.15) is 0 Å². The number of piperidine rings is 2. The summed E-state index contributed by atoms with van der Waals surface area (Å²) in [7, 11) is 0. The SMILES string of the molecule is C1CCC(OC[C@@H]2CCC[NH+]3CCCC[C@@H]23)CC1. The molecule has 0 aromatic rings. The van der Waals surface area contributed by atoms with E-state index in [1.54, 1.807) is 0 Å². The fourth-order valence-corrected chi connectivity index (χ4v) is 4.47. The highest BCUT2D eigenvalue weighted by Gasteiger charge is 2.36. The highest BCUT2D eigenvalue weighted by atomic mass is 16.5. The van der Waals surface area contributed by atoms with Gasteiger partial charge in [-0.25, -0.2) is 0 Å².